The number of halogens is 2. The molecule has 0 unspecified atom stereocenters. The van der Waals surface area contributed by atoms with E-state index in [4.69, 9.17) is 11.6 Å². The quantitative estimate of drug-likeness (QED) is 0.607. The van der Waals surface area contributed by atoms with E-state index in [-0.39, 0.29) is 15.7 Å². The van der Waals surface area contributed by atoms with Crippen LogP contribution in [0.4, 0.5) is 4.39 Å². The molecular weight excluding hydrogens is 375 g/mol. The summed E-state index contributed by atoms with van der Waals surface area (Å²) in [5.41, 5.74) is 2.19. The lowest BCUT2D eigenvalue weighted by Crippen LogP contribution is -2.05. The molecule has 7 heteroatoms. The Labute approximate surface area is 155 Å². The maximum Gasteiger partial charge on any atom is 0.308 e. The third-order valence-corrected chi connectivity index (χ3v) is 5.80. The zero-order valence-electron chi connectivity index (χ0n) is 13.5. The Morgan fingerprint density at radius 3 is 2.19 bits per heavy atom. The molecule has 1 aromatic heterocycles. The molecule has 26 heavy (non-hydrogen) atoms. The average Bonchev–Trinajstić information content (AvgIpc) is 2.62. The Hall–Kier alpha value is -2.57. The molecule has 0 saturated heterocycles. The second-order valence-electron chi connectivity index (χ2n) is 5.55. The minimum absolute atomic E-state index is 0.127. The first-order valence-corrected chi connectivity index (χ1v) is 9.69. The van der Waals surface area contributed by atoms with Crippen LogP contribution in [0.25, 0.3) is 12.2 Å². The zero-order chi connectivity index (χ0) is 18.6. The molecule has 132 valence electrons. The van der Waals surface area contributed by atoms with E-state index in [0.717, 1.165) is 5.56 Å². The number of hydrogen-bond donors (Lipinski definition) is 0. The topological polar surface area (TPSA) is 59.9 Å². The van der Waals surface area contributed by atoms with E-state index in [1.807, 2.05) is 6.08 Å². The van der Waals surface area contributed by atoms with E-state index >= 15 is 0 Å². The van der Waals surface area contributed by atoms with Gasteiger partial charge in [-0.25, -0.2) is 18.4 Å². The summed E-state index contributed by atoms with van der Waals surface area (Å²) in [5, 5.41) is 0.216. The first-order chi connectivity index (χ1) is 12.4. The van der Waals surface area contributed by atoms with Gasteiger partial charge in [0.15, 0.2) is 9.84 Å². The molecule has 0 fully saturated rings. The van der Waals surface area contributed by atoms with Crippen LogP contribution < -0.4 is 0 Å². The predicted molar refractivity (Wildman–Crippen MR) is 99.7 cm³/mol. The van der Waals surface area contributed by atoms with Gasteiger partial charge in [-0.05, 0) is 23.3 Å². The lowest BCUT2D eigenvalue weighted by Gasteiger charge is -2.07. The van der Waals surface area contributed by atoms with Crippen molar-refractivity contribution in [2.45, 2.75) is 10.6 Å². The lowest BCUT2D eigenvalue weighted by atomic mass is 10.1. The molecule has 0 amide bonds. The van der Waals surface area contributed by atoms with Crippen molar-refractivity contribution in [2.75, 3.05) is 0 Å². The Morgan fingerprint density at radius 2 is 1.54 bits per heavy atom. The van der Waals surface area contributed by atoms with Gasteiger partial charge < -0.3 is 0 Å². The van der Waals surface area contributed by atoms with E-state index in [2.05, 4.69) is 9.97 Å². The molecule has 3 rings (SSSR count). The third kappa shape index (κ3) is 4.53. The van der Waals surface area contributed by atoms with Crippen molar-refractivity contribution < 1.29 is 12.8 Å². The second-order valence-corrected chi connectivity index (χ2v) is 7.92. The van der Waals surface area contributed by atoms with Gasteiger partial charge in [0.05, 0.1) is 15.7 Å². The summed E-state index contributed by atoms with van der Waals surface area (Å²) in [4.78, 5) is 7.08. The third-order valence-electron chi connectivity index (χ3n) is 3.62. The van der Waals surface area contributed by atoms with Crippen LogP contribution in [0.2, 0.25) is 5.02 Å². The van der Waals surface area contributed by atoms with Crippen molar-refractivity contribution in [1.82, 2.24) is 9.97 Å². The molecule has 4 nitrogen and oxygen atoms in total. The molecule has 0 radical (unpaired) electrons. The van der Waals surface area contributed by atoms with Gasteiger partial charge >= 0.3 is 6.08 Å². The summed E-state index contributed by atoms with van der Waals surface area (Å²) < 4.78 is 37.7. The van der Waals surface area contributed by atoms with E-state index < -0.39 is 15.9 Å². The summed E-state index contributed by atoms with van der Waals surface area (Å²) >= 11 is 5.99. The molecule has 0 aliphatic rings. The van der Waals surface area contributed by atoms with Crippen molar-refractivity contribution in [3.63, 3.8) is 0 Å². The standard InChI is InChI=1S/C19H14ClFN2O2S/c20-17-3-1-2-4-18(17)26(24,25)13-15-8-5-14(6-9-15)7-10-16-11-22-19(21)23-12-16/h1-12H,13H2/b10-7+. The van der Waals surface area contributed by atoms with Gasteiger partial charge in [0, 0.05) is 18.0 Å². The van der Waals surface area contributed by atoms with Gasteiger partial charge in [0.1, 0.15) is 0 Å². The van der Waals surface area contributed by atoms with Crippen molar-refractivity contribution in [3.05, 3.63) is 88.7 Å². The minimum Gasteiger partial charge on any atom is -0.223 e. The molecule has 0 spiro atoms. The van der Waals surface area contributed by atoms with Crippen LogP contribution in [0, 0.1) is 6.08 Å². The molecular formula is C19H14ClFN2O2S. The highest BCUT2D eigenvalue weighted by atomic mass is 35.5. The number of rotatable bonds is 5. The SMILES string of the molecule is O=S(=O)(Cc1ccc(/C=C/c2cnc(F)nc2)cc1)c1ccccc1Cl. The number of nitrogens with zero attached hydrogens (tertiary/aromatic N) is 2. The second kappa shape index (κ2) is 7.76. The normalized spacial score (nSPS) is 11.8. The molecule has 0 saturated carbocycles. The summed E-state index contributed by atoms with van der Waals surface area (Å²) in [5.74, 6) is -0.132. The van der Waals surface area contributed by atoms with Gasteiger partial charge in [-0.15, -0.1) is 0 Å². The maximum atomic E-state index is 12.7. The van der Waals surface area contributed by atoms with Crippen molar-refractivity contribution in [3.8, 4) is 0 Å². The van der Waals surface area contributed by atoms with Crippen LogP contribution in [0.3, 0.4) is 0 Å². The molecule has 1 heterocycles. The van der Waals surface area contributed by atoms with Crippen LogP contribution in [-0.2, 0) is 15.6 Å². The Morgan fingerprint density at radius 1 is 0.923 bits per heavy atom. The summed E-state index contributed by atoms with van der Waals surface area (Å²) in [7, 11) is -3.52. The predicted octanol–water partition coefficient (Wildman–Crippen LogP) is 4.41. The van der Waals surface area contributed by atoms with Crippen molar-refractivity contribution in [1.29, 1.82) is 0 Å². The highest BCUT2D eigenvalue weighted by Crippen LogP contribution is 2.24. The summed E-state index contributed by atoms with van der Waals surface area (Å²) in [6.07, 6.45) is 5.54. The van der Waals surface area contributed by atoms with Crippen LogP contribution in [0.5, 0.6) is 0 Å². The fourth-order valence-electron chi connectivity index (χ4n) is 2.32. The van der Waals surface area contributed by atoms with Gasteiger partial charge in [-0.3, -0.25) is 0 Å². The maximum absolute atomic E-state index is 12.7. The van der Waals surface area contributed by atoms with E-state index in [1.54, 1.807) is 48.5 Å². The molecule has 0 bridgehead atoms. The summed E-state index contributed by atoms with van der Waals surface area (Å²) in [6.45, 7) is 0. The monoisotopic (exact) mass is 388 g/mol. The molecule has 2 aromatic carbocycles. The van der Waals surface area contributed by atoms with Gasteiger partial charge in [-0.2, -0.15) is 4.39 Å². The molecule has 0 aliphatic carbocycles. The molecule has 3 aromatic rings. The number of benzene rings is 2. The van der Waals surface area contributed by atoms with Gasteiger partial charge in [0.25, 0.3) is 0 Å². The largest absolute Gasteiger partial charge is 0.308 e. The van der Waals surface area contributed by atoms with Crippen LogP contribution >= 0.6 is 11.6 Å². The number of aromatic nitrogens is 2. The van der Waals surface area contributed by atoms with Crippen LogP contribution in [0.1, 0.15) is 16.7 Å². The van der Waals surface area contributed by atoms with Crippen LogP contribution in [-0.4, -0.2) is 18.4 Å². The number of hydrogen-bond acceptors (Lipinski definition) is 4. The smallest absolute Gasteiger partial charge is 0.223 e. The fourth-order valence-corrected chi connectivity index (χ4v) is 4.25. The minimum atomic E-state index is -3.52. The molecule has 0 aliphatic heterocycles. The zero-order valence-corrected chi connectivity index (χ0v) is 15.1. The average molecular weight is 389 g/mol. The number of sulfone groups is 1. The highest BCUT2D eigenvalue weighted by Gasteiger charge is 2.18. The molecule has 0 N–H and O–H groups in total. The van der Waals surface area contributed by atoms with E-state index in [0.29, 0.717) is 11.1 Å². The first-order valence-electron chi connectivity index (χ1n) is 7.66. The van der Waals surface area contributed by atoms with Crippen molar-refractivity contribution >= 4 is 33.6 Å². The lowest BCUT2D eigenvalue weighted by molar-refractivity contribution is 0.538. The fraction of sp³-hybridized carbons (Fsp3) is 0.0526. The Bertz CT molecular complexity index is 1030. The highest BCUT2D eigenvalue weighted by molar-refractivity contribution is 7.90. The van der Waals surface area contributed by atoms with E-state index in [1.165, 1.54) is 18.5 Å². The first kappa shape index (κ1) is 18.2. The van der Waals surface area contributed by atoms with Crippen molar-refractivity contribution in [2.24, 2.45) is 0 Å². The Kier molecular flexibility index (Phi) is 5.44. The summed E-state index contributed by atoms with van der Waals surface area (Å²) in [6, 6.07) is 13.5. The van der Waals surface area contributed by atoms with E-state index in [9.17, 15) is 12.8 Å². The van der Waals surface area contributed by atoms with Gasteiger partial charge in [-0.1, -0.05) is 60.2 Å². The Balaban J connectivity index is 1.73. The van der Waals surface area contributed by atoms with Gasteiger partial charge in [0.2, 0.25) is 0 Å². The molecule has 0 atom stereocenters. The van der Waals surface area contributed by atoms with Crippen LogP contribution in [0.15, 0.2) is 65.8 Å².